The fourth-order valence-electron chi connectivity index (χ4n) is 1.13. The second-order valence-corrected chi connectivity index (χ2v) is 4.35. The molecule has 0 aliphatic carbocycles. The van der Waals surface area contributed by atoms with Gasteiger partial charge in [-0.05, 0) is 18.8 Å². The van der Waals surface area contributed by atoms with Crippen LogP contribution in [0.15, 0.2) is 0 Å². The molecule has 1 unspecified atom stereocenters. The largest absolute Gasteiger partial charge is 0.396 e. The number of carbonyl (C=O) groups excluding carboxylic acids is 1. The highest BCUT2D eigenvalue weighted by Crippen LogP contribution is 2.18. The molecule has 0 aliphatic heterocycles. The Hall–Kier alpha value is -0.610. The van der Waals surface area contributed by atoms with E-state index in [1.165, 1.54) is 0 Å². The lowest BCUT2D eigenvalue weighted by atomic mass is 9.89. The van der Waals surface area contributed by atoms with Gasteiger partial charge in [0.05, 0.1) is 6.04 Å². The molecule has 4 heteroatoms. The average Bonchev–Trinajstić information content (AvgIpc) is 2.13. The molecule has 0 fully saturated rings. The van der Waals surface area contributed by atoms with Crippen molar-refractivity contribution < 1.29 is 9.90 Å². The minimum atomic E-state index is -0.182. The zero-order chi connectivity index (χ0) is 11.2. The quantitative estimate of drug-likeness (QED) is 0.573. The maximum absolute atomic E-state index is 11.2. The third-order valence-electron chi connectivity index (χ3n) is 2.32. The van der Waals surface area contributed by atoms with Crippen LogP contribution in [0, 0.1) is 5.41 Å². The summed E-state index contributed by atoms with van der Waals surface area (Å²) in [5, 5.41) is 14.5. The highest BCUT2D eigenvalue weighted by atomic mass is 16.3. The van der Waals surface area contributed by atoms with Gasteiger partial charge in [-0.3, -0.25) is 4.79 Å². The van der Waals surface area contributed by atoms with Gasteiger partial charge in [0.15, 0.2) is 0 Å². The van der Waals surface area contributed by atoms with Crippen LogP contribution < -0.4 is 10.6 Å². The predicted octanol–water partition coefficient (Wildman–Crippen LogP) is 0.119. The van der Waals surface area contributed by atoms with Crippen LogP contribution in [0.2, 0.25) is 0 Å². The zero-order valence-electron chi connectivity index (χ0n) is 9.55. The number of likely N-dealkylation sites (N-methyl/N-ethyl adjacent to an activating group) is 1. The minimum Gasteiger partial charge on any atom is -0.396 e. The van der Waals surface area contributed by atoms with E-state index in [4.69, 9.17) is 5.11 Å². The zero-order valence-corrected chi connectivity index (χ0v) is 9.55. The van der Waals surface area contributed by atoms with Gasteiger partial charge >= 0.3 is 0 Å². The Morgan fingerprint density at radius 3 is 2.50 bits per heavy atom. The number of aliphatic hydroxyl groups is 1. The Morgan fingerprint density at radius 2 is 2.07 bits per heavy atom. The summed E-state index contributed by atoms with van der Waals surface area (Å²) in [4.78, 5) is 11.2. The molecule has 0 aromatic heterocycles. The third-order valence-corrected chi connectivity index (χ3v) is 2.32. The Balaban J connectivity index is 3.86. The highest BCUT2D eigenvalue weighted by molar-refractivity contribution is 5.80. The lowest BCUT2D eigenvalue weighted by Gasteiger charge is -2.25. The molecule has 0 bridgehead atoms. The van der Waals surface area contributed by atoms with Crippen LogP contribution in [0.4, 0.5) is 0 Å². The van der Waals surface area contributed by atoms with E-state index in [0.717, 1.165) is 13.0 Å². The molecular formula is C10H22N2O2. The second kappa shape index (κ2) is 5.98. The maximum Gasteiger partial charge on any atom is 0.236 e. The maximum atomic E-state index is 11.2. The molecule has 1 atom stereocenters. The summed E-state index contributed by atoms with van der Waals surface area (Å²) in [5.41, 5.74) is 0.0248. The van der Waals surface area contributed by atoms with Crippen molar-refractivity contribution in [3.8, 4) is 0 Å². The fourth-order valence-corrected chi connectivity index (χ4v) is 1.13. The summed E-state index contributed by atoms with van der Waals surface area (Å²) < 4.78 is 0. The Labute approximate surface area is 86.1 Å². The number of rotatable bonds is 6. The van der Waals surface area contributed by atoms with E-state index in [9.17, 15) is 4.79 Å². The van der Waals surface area contributed by atoms with Gasteiger partial charge in [-0.15, -0.1) is 0 Å². The van der Waals surface area contributed by atoms with E-state index < -0.39 is 0 Å². The van der Waals surface area contributed by atoms with Gasteiger partial charge in [0, 0.05) is 20.2 Å². The van der Waals surface area contributed by atoms with Crippen LogP contribution in [0.1, 0.15) is 27.2 Å². The molecule has 0 spiro atoms. The van der Waals surface area contributed by atoms with Crippen molar-refractivity contribution in [1.29, 1.82) is 0 Å². The van der Waals surface area contributed by atoms with Crippen molar-refractivity contribution in [3.63, 3.8) is 0 Å². The molecule has 4 nitrogen and oxygen atoms in total. The Kier molecular flexibility index (Phi) is 5.72. The van der Waals surface area contributed by atoms with Crippen LogP contribution in [0.25, 0.3) is 0 Å². The second-order valence-electron chi connectivity index (χ2n) is 4.35. The molecule has 1 amide bonds. The van der Waals surface area contributed by atoms with Gasteiger partial charge in [-0.1, -0.05) is 13.8 Å². The summed E-state index contributed by atoms with van der Waals surface area (Å²) in [7, 11) is 1.62. The molecule has 0 aromatic rings. The standard InChI is InChI=1S/C10H22N2O2/c1-8(9(14)11-4)12-7-10(2,3)5-6-13/h8,12-13H,5-7H2,1-4H3,(H,11,14). The fraction of sp³-hybridized carbons (Fsp3) is 0.900. The predicted molar refractivity (Wildman–Crippen MR) is 57.0 cm³/mol. The van der Waals surface area contributed by atoms with Gasteiger partial charge < -0.3 is 15.7 Å². The van der Waals surface area contributed by atoms with E-state index in [-0.39, 0.29) is 24.0 Å². The van der Waals surface area contributed by atoms with Crippen molar-refractivity contribution in [1.82, 2.24) is 10.6 Å². The lowest BCUT2D eigenvalue weighted by molar-refractivity contribution is -0.122. The van der Waals surface area contributed by atoms with Crippen LogP contribution in [-0.4, -0.2) is 37.3 Å². The highest BCUT2D eigenvalue weighted by Gasteiger charge is 2.19. The number of nitrogens with one attached hydrogen (secondary N) is 2. The van der Waals surface area contributed by atoms with E-state index in [1.807, 2.05) is 6.92 Å². The monoisotopic (exact) mass is 202 g/mol. The first-order valence-corrected chi connectivity index (χ1v) is 4.99. The smallest absolute Gasteiger partial charge is 0.236 e. The molecule has 84 valence electrons. The Bertz CT molecular complexity index is 181. The SMILES string of the molecule is CNC(=O)C(C)NCC(C)(C)CCO. The molecule has 0 saturated heterocycles. The van der Waals surface area contributed by atoms with Crippen LogP contribution in [0.3, 0.4) is 0 Å². The average molecular weight is 202 g/mol. The first kappa shape index (κ1) is 13.4. The van der Waals surface area contributed by atoms with Crippen molar-refractivity contribution >= 4 is 5.91 Å². The lowest BCUT2D eigenvalue weighted by Crippen LogP contribution is -2.44. The molecule has 0 rings (SSSR count). The molecule has 0 saturated carbocycles. The van der Waals surface area contributed by atoms with E-state index in [0.29, 0.717) is 0 Å². The molecule has 0 aromatic carbocycles. The summed E-state index contributed by atoms with van der Waals surface area (Å²) in [6.45, 7) is 6.86. The van der Waals surface area contributed by atoms with Crippen LogP contribution in [-0.2, 0) is 4.79 Å². The molecule has 0 radical (unpaired) electrons. The van der Waals surface area contributed by atoms with Gasteiger partial charge in [0.25, 0.3) is 0 Å². The van der Waals surface area contributed by atoms with Crippen molar-refractivity contribution in [3.05, 3.63) is 0 Å². The van der Waals surface area contributed by atoms with E-state index in [1.54, 1.807) is 7.05 Å². The van der Waals surface area contributed by atoms with Gasteiger partial charge in [-0.2, -0.15) is 0 Å². The molecule has 0 aliphatic rings. The van der Waals surface area contributed by atoms with Crippen molar-refractivity contribution in [2.75, 3.05) is 20.2 Å². The number of carbonyl (C=O) groups is 1. The summed E-state index contributed by atoms with van der Waals surface area (Å²) >= 11 is 0. The van der Waals surface area contributed by atoms with Gasteiger partial charge in [0.1, 0.15) is 0 Å². The van der Waals surface area contributed by atoms with Gasteiger partial charge in [-0.25, -0.2) is 0 Å². The normalized spacial score (nSPS) is 13.8. The molecule has 14 heavy (non-hydrogen) atoms. The number of hydrogen-bond acceptors (Lipinski definition) is 3. The number of aliphatic hydroxyl groups excluding tert-OH is 1. The third kappa shape index (κ3) is 5.19. The van der Waals surface area contributed by atoms with Gasteiger partial charge in [0.2, 0.25) is 5.91 Å². The Morgan fingerprint density at radius 1 is 1.50 bits per heavy atom. The number of hydrogen-bond donors (Lipinski definition) is 3. The van der Waals surface area contributed by atoms with Crippen LogP contribution in [0.5, 0.6) is 0 Å². The molecule has 0 heterocycles. The summed E-state index contributed by atoms with van der Waals surface area (Å²) in [6, 6.07) is -0.182. The van der Waals surface area contributed by atoms with E-state index in [2.05, 4.69) is 24.5 Å². The minimum absolute atomic E-state index is 0.00945. The topological polar surface area (TPSA) is 61.4 Å². The molecule has 3 N–H and O–H groups in total. The molecular weight excluding hydrogens is 180 g/mol. The van der Waals surface area contributed by atoms with Crippen LogP contribution >= 0.6 is 0 Å². The van der Waals surface area contributed by atoms with E-state index >= 15 is 0 Å². The first-order valence-electron chi connectivity index (χ1n) is 4.99. The number of amides is 1. The van der Waals surface area contributed by atoms with Crippen molar-refractivity contribution in [2.45, 2.75) is 33.2 Å². The van der Waals surface area contributed by atoms with Crippen molar-refractivity contribution in [2.24, 2.45) is 5.41 Å². The first-order chi connectivity index (χ1) is 6.43. The summed E-state index contributed by atoms with van der Waals surface area (Å²) in [5.74, 6) is -0.00945. The summed E-state index contributed by atoms with van der Waals surface area (Å²) in [6.07, 6.45) is 0.737.